The van der Waals surface area contributed by atoms with Crippen LogP contribution in [0.3, 0.4) is 0 Å². The van der Waals surface area contributed by atoms with E-state index in [9.17, 15) is 4.39 Å². The van der Waals surface area contributed by atoms with Gasteiger partial charge in [-0.15, -0.1) is 5.10 Å². The van der Waals surface area contributed by atoms with E-state index in [1.54, 1.807) is 30.5 Å². The largest absolute Gasteiger partial charge is 0.389 e. The highest BCUT2D eigenvalue weighted by atomic mass is 19.1. The molecule has 5 nitrogen and oxygen atoms in total. The molecule has 0 spiro atoms. The second-order valence-electron chi connectivity index (χ2n) is 3.71. The molecule has 2 heterocycles. The summed E-state index contributed by atoms with van der Waals surface area (Å²) in [5.41, 5.74) is 2.06. The molecule has 90 valence electrons. The van der Waals surface area contributed by atoms with Gasteiger partial charge in [-0.2, -0.15) is 0 Å². The molecular formula is C12H9FN4O. The molecule has 0 radical (unpaired) electrons. The molecule has 0 fully saturated rings. The van der Waals surface area contributed by atoms with Crippen molar-refractivity contribution in [1.29, 1.82) is 0 Å². The Morgan fingerprint density at radius 2 is 2.00 bits per heavy atom. The number of nitrogens with zero attached hydrogens (tertiary/aromatic N) is 4. The van der Waals surface area contributed by atoms with E-state index in [4.69, 9.17) is 4.84 Å². The molecule has 0 aliphatic rings. The van der Waals surface area contributed by atoms with Gasteiger partial charge in [0.2, 0.25) is 5.65 Å². The normalized spacial score (nSPS) is 10.7. The lowest BCUT2D eigenvalue weighted by Gasteiger charge is -2.04. The van der Waals surface area contributed by atoms with Crippen LogP contribution in [0.4, 0.5) is 4.39 Å². The van der Waals surface area contributed by atoms with Crippen LogP contribution in [0.25, 0.3) is 11.2 Å². The average Bonchev–Trinajstić information content (AvgIpc) is 2.82. The minimum Gasteiger partial charge on any atom is -0.389 e. The third kappa shape index (κ3) is 2.00. The molecule has 0 bridgehead atoms. The first kappa shape index (κ1) is 10.6. The highest BCUT2D eigenvalue weighted by Gasteiger charge is 2.05. The summed E-state index contributed by atoms with van der Waals surface area (Å²) >= 11 is 0. The summed E-state index contributed by atoms with van der Waals surface area (Å²) in [5.74, 6) is -0.272. The third-order valence-corrected chi connectivity index (χ3v) is 2.45. The second kappa shape index (κ2) is 4.40. The van der Waals surface area contributed by atoms with E-state index >= 15 is 0 Å². The van der Waals surface area contributed by atoms with Gasteiger partial charge in [0.05, 0.1) is 0 Å². The molecule has 3 rings (SSSR count). The first-order valence-electron chi connectivity index (χ1n) is 5.37. The lowest BCUT2D eigenvalue weighted by molar-refractivity contribution is 0.0739. The van der Waals surface area contributed by atoms with Crippen molar-refractivity contribution < 1.29 is 9.23 Å². The maximum absolute atomic E-state index is 12.7. The Kier molecular flexibility index (Phi) is 2.60. The predicted molar refractivity (Wildman–Crippen MR) is 62.0 cm³/mol. The second-order valence-corrected chi connectivity index (χ2v) is 3.71. The highest BCUT2D eigenvalue weighted by molar-refractivity contribution is 5.68. The lowest BCUT2D eigenvalue weighted by Crippen LogP contribution is -2.13. The van der Waals surface area contributed by atoms with Gasteiger partial charge in [-0.25, -0.2) is 9.37 Å². The molecule has 0 saturated carbocycles. The maximum Gasteiger partial charge on any atom is 0.219 e. The van der Waals surface area contributed by atoms with E-state index in [-0.39, 0.29) is 12.4 Å². The maximum atomic E-state index is 12.7. The van der Waals surface area contributed by atoms with Crippen molar-refractivity contribution in [2.75, 3.05) is 0 Å². The number of aromatic nitrogens is 4. The summed E-state index contributed by atoms with van der Waals surface area (Å²) in [5, 5.41) is 7.75. The number of benzene rings is 1. The Morgan fingerprint density at radius 1 is 1.17 bits per heavy atom. The minimum absolute atomic E-state index is 0.272. The van der Waals surface area contributed by atoms with Crippen molar-refractivity contribution in [2.45, 2.75) is 6.61 Å². The molecule has 3 aromatic rings. The number of hydrogen-bond donors (Lipinski definition) is 0. The van der Waals surface area contributed by atoms with Crippen LogP contribution in [0, 0.1) is 5.82 Å². The van der Waals surface area contributed by atoms with Gasteiger partial charge in [0.15, 0.2) is 0 Å². The molecule has 0 unspecified atom stereocenters. The van der Waals surface area contributed by atoms with E-state index in [0.29, 0.717) is 11.2 Å². The van der Waals surface area contributed by atoms with Crippen LogP contribution in [0.5, 0.6) is 0 Å². The SMILES string of the molecule is Fc1ccc(COn2nnc3cccnc32)cc1. The van der Waals surface area contributed by atoms with Crippen molar-refractivity contribution in [3.8, 4) is 0 Å². The smallest absolute Gasteiger partial charge is 0.219 e. The van der Waals surface area contributed by atoms with Gasteiger partial charge in [-0.1, -0.05) is 17.0 Å². The standard InChI is InChI=1S/C12H9FN4O/c13-10-5-3-9(4-6-10)8-18-17-12-11(15-16-17)2-1-7-14-12/h1-7H,8H2. The Balaban J connectivity index is 1.79. The molecule has 18 heavy (non-hydrogen) atoms. The first-order valence-corrected chi connectivity index (χ1v) is 5.37. The van der Waals surface area contributed by atoms with Crippen LogP contribution in [0.2, 0.25) is 0 Å². The molecule has 6 heteroatoms. The fourth-order valence-electron chi connectivity index (χ4n) is 1.55. The molecule has 0 aliphatic heterocycles. The van der Waals surface area contributed by atoms with Crippen molar-refractivity contribution in [3.05, 3.63) is 54.0 Å². The Morgan fingerprint density at radius 3 is 2.83 bits per heavy atom. The van der Waals surface area contributed by atoms with Crippen LogP contribution < -0.4 is 4.84 Å². The van der Waals surface area contributed by atoms with Gasteiger partial charge in [-0.3, -0.25) is 0 Å². The monoisotopic (exact) mass is 244 g/mol. The number of halogens is 1. The fraction of sp³-hybridized carbons (Fsp3) is 0.0833. The first-order chi connectivity index (χ1) is 8.83. The topological polar surface area (TPSA) is 52.8 Å². The summed E-state index contributed by atoms with van der Waals surface area (Å²) in [6.07, 6.45) is 1.64. The molecular weight excluding hydrogens is 235 g/mol. The molecule has 2 aromatic heterocycles. The van der Waals surface area contributed by atoms with Crippen LogP contribution >= 0.6 is 0 Å². The molecule has 0 aliphatic carbocycles. The molecule has 0 atom stereocenters. The molecule has 0 amide bonds. The Hall–Kier alpha value is -2.50. The zero-order valence-electron chi connectivity index (χ0n) is 9.32. The predicted octanol–water partition coefficient (Wildman–Crippen LogP) is 1.59. The summed E-state index contributed by atoms with van der Waals surface area (Å²) in [7, 11) is 0. The van der Waals surface area contributed by atoms with Gasteiger partial charge in [0, 0.05) is 6.20 Å². The molecule has 1 aromatic carbocycles. The number of hydrogen-bond acceptors (Lipinski definition) is 4. The van der Waals surface area contributed by atoms with E-state index in [2.05, 4.69) is 15.3 Å². The highest BCUT2D eigenvalue weighted by Crippen LogP contribution is 2.06. The third-order valence-electron chi connectivity index (χ3n) is 2.45. The van der Waals surface area contributed by atoms with Gasteiger partial charge in [0.25, 0.3) is 0 Å². The van der Waals surface area contributed by atoms with Crippen molar-refractivity contribution in [1.82, 2.24) is 20.1 Å². The number of pyridine rings is 1. The van der Waals surface area contributed by atoms with Gasteiger partial charge in [-0.05, 0) is 35.0 Å². The zero-order chi connectivity index (χ0) is 12.4. The van der Waals surface area contributed by atoms with E-state index < -0.39 is 0 Å². The molecule has 0 N–H and O–H groups in total. The Labute approximate surface area is 102 Å². The number of fused-ring (bicyclic) bond motifs is 1. The summed E-state index contributed by atoms with van der Waals surface area (Å²) < 4.78 is 12.7. The van der Waals surface area contributed by atoms with Gasteiger partial charge >= 0.3 is 0 Å². The summed E-state index contributed by atoms with van der Waals surface area (Å²) in [6.45, 7) is 0.273. The van der Waals surface area contributed by atoms with Crippen molar-refractivity contribution >= 4 is 11.2 Å². The zero-order valence-corrected chi connectivity index (χ0v) is 9.32. The van der Waals surface area contributed by atoms with E-state index in [1.165, 1.54) is 17.0 Å². The van der Waals surface area contributed by atoms with E-state index in [1.807, 2.05) is 0 Å². The summed E-state index contributed by atoms with van der Waals surface area (Å²) in [4.78, 5) is 10.8. The van der Waals surface area contributed by atoms with Gasteiger partial charge in [0.1, 0.15) is 17.9 Å². The minimum atomic E-state index is -0.272. The Bertz CT molecular complexity index is 665. The van der Waals surface area contributed by atoms with Crippen LogP contribution in [0.15, 0.2) is 42.6 Å². The van der Waals surface area contributed by atoms with E-state index in [0.717, 1.165) is 5.56 Å². The van der Waals surface area contributed by atoms with Crippen molar-refractivity contribution in [2.24, 2.45) is 0 Å². The summed E-state index contributed by atoms with van der Waals surface area (Å²) in [6, 6.07) is 9.66. The quantitative estimate of drug-likeness (QED) is 0.702. The van der Waals surface area contributed by atoms with Gasteiger partial charge < -0.3 is 4.84 Å². The fourth-order valence-corrected chi connectivity index (χ4v) is 1.55. The lowest BCUT2D eigenvalue weighted by atomic mass is 10.2. The van der Waals surface area contributed by atoms with Crippen LogP contribution in [0.1, 0.15) is 5.56 Å². The van der Waals surface area contributed by atoms with Crippen LogP contribution in [-0.2, 0) is 6.61 Å². The average molecular weight is 244 g/mol. The van der Waals surface area contributed by atoms with Crippen LogP contribution in [-0.4, -0.2) is 20.1 Å². The molecule has 0 saturated heterocycles. The number of rotatable bonds is 3. The van der Waals surface area contributed by atoms with Crippen molar-refractivity contribution in [3.63, 3.8) is 0 Å².